The lowest BCUT2D eigenvalue weighted by Crippen LogP contribution is -2.16. The van der Waals surface area contributed by atoms with Gasteiger partial charge in [0.05, 0.1) is 0 Å². The minimum Gasteiger partial charge on any atom is -0.317 e. The molecule has 0 saturated heterocycles. The number of unbranched alkanes of at least 4 members (excludes halogenated alkanes) is 78. The Kier molecular flexibility index (Phi) is 116. The topological polar surface area (TPSA) is 114 Å². The van der Waals surface area contributed by atoms with E-state index in [9.17, 15) is 0 Å². The molecule has 0 aromatic heterocycles. The number of rotatable bonds is 90. The summed E-state index contributed by atoms with van der Waals surface area (Å²) in [6.45, 7) is 21.3. The van der Waals surface area contributed by atoms with Crippen LogP contribution in [0, 0.1) is 0 Å². The zero-order valence-electron chi connectivity index (χ0n) is 73.3. The second-order valence-corrected chi connectivity index (χ2v) is 34.4. The van der Waals surface area contributed by atoms with E-state index in [4.69, 9.17) is 19.2 Å². The van der Waals surface area contributed by atoms with Crippen molar-refractivity contribution in [2.24, 2.45) is 0 Å². The van der Waals surface area contributed by atoms with Gasteiger partial charge in [0.25, 0.3) is 0 Å². The molecule has 0 aliphatic rings. The van der Waals surface area contributed by atoms with E-state index in [2.05, 4.69) is 57.5 Å². The highest BCUT2D eigenvalue weighted by Gasteiger charge is 2.03. The van der Waals surface area contributed by atoms with Crippen LogP contribution in [0.5, 0.6) is 0 Å². The minimum absolute atomic E-state index is 1.25. The molecular weight excluding hydrogens is 1290 g/mol. The van der Waals surface area contributed by atoms with Gasteiger partial charge in [-0.15, -0.1) is 0 Å². The van der Waals surface area contributed by atoms with Crippen molar-refractivity contribution in [3.8, 4) is 0 Å². The summed E-state index contributed by atoms with van der Waals surface area (Å²) < 4.78 is 8.88. The molecule has 8 heteroatoms. The van der Waals surface area contributed by atoms with Crippen LogP contribution in [0.25, 0.3) is 0 Å². The molecule has 0 aliphatic heterocycles. The maximum Gasteiger partial charge on any atom is 0.466 e. The zero-order chi connectivity index (χ0) is 76.3. The van der Waals surface area contributed by atoms with E-state index in [-0.39, 0.29) is 0 Å². The van der Waals surface area contributed by atoms with Gasteiger partial charge in [0, 0.05) is 0 Å². The smallest absolute Gasteiger partial charge is 0.317 e. The Hall–Kier alpha value is -0.0100. The number of hydrogen-bond donors (Lipinski definition) is 6. The summed E-state index contributed by atoms with van der Waals surface area (Å²) in [4.78, 5) is 21.6. The molecule has 0 atom stereocenters. The number of nitrogens with one attached hydrogen (secondary N) is 3. The van der Waals surface area contributed by atoms with Crippen molar-refractivity contribution in [2.75, 3.05) is 39.3 Å². The number of hydrogen-bond acceptors (Lipinski definition) is 4. The molecule has 632 valence electrons. The monoisotopic (exact) mass is 1490 g/mol. The van der Waals surface area contributed by atoms with E-state index in [1.54, 1.807) is 0 Å². The summed E-state index contributed by atoms with van der Waals surface area (Å²) in [5.74, 6) is 0. The van der Waals surface area contributed by atoms with E-state index in [0.29, 0.717) is 0 Å². The molecule has 7 nitrogen and oxygen atoms in total. The second kappa shape index (κ2) is 109. The van der Waals surface area contributed by atoms with Crippen LogP contribution < -0.4 is 16.0 Å². The lowest BCUT2D eigenvalue weighted by Gasteiger charge is -2.06. The molecule has 0 bridgehead atoms. The van der Waals surface area contributed by atoms with Crippen molar-refractivity contribution < 1.29 is 19.2 Å². The molecule has 104 heavy (non-hydrogen) atoms. The van der Waals surface area contributed by atoms with Crippen LogP contribution in [0.3, 0.4) is 0 Å². The molecular formula is C96H204N3O4P. The SMILES string of the molecule is CCCCCCCCCCCCCCCCNCCCCCCCCCCCCCCCC.CCCCCCCCCCCCCCCCNCCCCCCCCCCCCCCCC.CCCCCCCCCCCCCCCCNCCCCCCCCCCCCCCCC.O=P(O)(O)O. The maximum atomic E-state index is 8.88. The second-order valence-electron chi connectivity index (χ2n) is 33.3. The van der Waals surface area contributed by atoms with Crippen molar-refractivity contribution in [1.29, 1.82) is 0 Å². The van der Waals surface area contributed by atoms with Crippen LogP contribution in [-0.2, 0) is 4.57 Å². The minimum atomic E-state index is -4.64. The van der Waals surface area contributed by atoms with Crippen molar-refractivity contribution in [3.05, 3.63) is 0 Å². The average Bonchev–Trinajstić information content (AvgIpc) is 3.84. The van der Waals surface area contributed by atoms with Crippen LogP contribution in [0.4, 0.5) is 0 Å². The summed E-state index contributed by atoms with van der Waals surface area (Å²) in [7, 11) is -4.64. The van der Waals surface area contributed by atoms with E-state index >= 15 is 0 Å². The lowest BCUT2D eigenvalue weighted by molar-refractivity contribution is 0.275. The quantitative estimate of drug-likeness (QED) is 0.0266. The molecule has 0 spiro atoms. The summed E-state index contributed by atoms with van der Waals surface area (Å²) in [5.41, 5.74) is 0. The highest BCUT2D eigenvalue weighted by molar-refractivity contribution is 7.45. The molecule has 0 aromatic carbocycles. The van der Waals surface area contributed by atoms with Crippen LogP contribution in [0.1, 0.15) is 581 Å². The molecule has 0 fully saturated rings. The lowest BCUT2D eigenvalue weighted by atomic mass is 10.0. The molecule has 0 aromatic rings. The summed E-state index contributed by atoms with van der Waals surface area (Å²) in [5, 5.41) is 11.0. The number of phosphoric acid groups is 1. The van der Waals surface area contributed by atoms with Gasteiger partial charge in [0.2, 0.25) is 0 Å². The fourth-order valence-electron chi connectivity index (χ4n) is 15.0. The molecule has 0 radical (unpaired) electrons. The van der Waals surface area contributed by atoms with Gasteiger partial charge in [-0.1, -0.05) is 542 Å². The first kappa shape index (κ1) is 110. The molecule has 0 saturated carbocycles. The van der Waals surface area contributed by atoms with Gasteiger partial charge in [-0.25, -0.2) is 4.57 Å². The van der Waals surface area contributed by atoms with Crippen molar-refractivity contribution in [1.82, 2.24) is 16.0 Å². The van der Waals surface area contributed by atoms with Gasteiger partial charge in [-0.05, 0) is 77.8 Å². The van der Waals surface area contributed by atoms with Crippen molar-refractivity contribution in [2.45, 2.75) is 581 Å². The maximum absolute atomic E-state index is 8.88. The van der Waals surface area contributed by atoms with Gasteiger partial charge < -0.3 is 30.6 Å². The molecule has 0 rings (SSSR count). The summed E-state index contributed by atoms with van der Waals surface area (Å²) in [6.07, 6.45) is 122. The third-order valence-electron chi connectivity index (χ3n) is 22.2. The van der Waals surface area contributed by atoms with Gasteiger partial charge in [0.1, 0.15) is 0 Å². The predicted molar refractivity (Wildman–Crippen MR) is 475 cm³/mol. The summed E-state index contributed by atoms with van der Waals surface area (Å²) >= 11 is 0. The molecule has 0 aliphatic carbocycles. The standard InChI is InChI=1S/3C32H67N.H3O4P/c3*1-3-5-7-9-11-13-15-17-19-21-23-25-27-29-31-33-32-30-28-26-24-22-20-18-16-14-12-10-8-6-4-2;1-5(2,3)4/h3*33H,3-32H2,1-2H3;(H3,1,2,3,4). The predicted octanol–water partition coefficient (Wildman–Crippen LogP) is 33.7. The van der Waals surface area contributed by atoms with Gasteiger partial charge in [-0.3, -0.25) is 0 Å². The molecule has 0 heterocycles. The Morgan fingerprint density at radius 3 is 0.260 bits per heavy atom. The zero-order valence-corrected chi connectivity index (χ0v) is 74.2. The van der Waals surface area contributed by atoms with Crippen LogP contribution in [-0.4, -0.2) is 53.9 Å². The third kappa shape index (κ3) is 128. The highest BCUT2D eigenvalue weighted by atomic mass is 31.2. The van der Waals surface area contributed by atoms with E-state index in [1.165, 1.54) is 579 Å². The Labute approximate surface area is 659 Å². The Morgan fingerprint density at radius 2 is 0.192 bits per heavy atom. The fourth-order valence-corrected chi connectivity index (χ4v) is 15.0. The van der Waals surface area contributed by atoms with E-state index in [0.717, 1.165) is 0 Å². The largest absolute Gasteiger partial charge is 0.466 e. The van der Waals surface area contributed by atoms with Crippen molar-refractivity contribution >= 4 is 7.82 Å². The Balaban J connectivity index is -0.000000696. The van der Waals surface area contributed by atoms with Gasteiger partial charge in [-0.2, -0.15) is 0 Å². The molecule has 0 unspecified atom stereocenters. The van der Waals surface area contributed by atoms with E-state index in [1.807, 2.05) is 0 Å². The van der Waals surface area contributed by atoms with Gasteiger partial charge >= 0.3 is 7.82 Å². The van der Waals surface area contributed by atoms with Crippen LogP contribution >= 0.6 is 7.82 Å². The highest BCUT2D eigenvalue weighted by Crippen LogP contribution is 2.26. The van der Waals surface area contributed by atoms with Crippen LogP contribution in [0.2, 0.25) is 0 Å². The molecule has 0 amide bonds. The summed E-state index contributed by atoms with van der Waals surface area (Å²) in [6, 6.07) is 0. The Bertz CT molecular complexity index is 1170. The first-order valence-electron chi connectivity index (χ1n) is 49.1. The van der Waals surface area contributed by atoms with Gasteiger partial charge in [0.15, 0.2) is 0 Å². The Morgan fingerprint density at radius 1 is 0.135 bits per heavy atom. The van der Waals surface area contributed by atoms with E-state index < -0.39 is 7.82 Å². The van der Waals surface area contributed by atoms with Crippen molar-refractivity contribution in [3.63, 3.8) is 0 Å². The fraction of sp³-hybridized carbons (Fsp3) is 1.00. The normalized spacial score (nSPS) is 11.5. The third-order valence-corrected chi connectivity index (χ3v) is 22.2. The first-order chi connectivity index (χ1) is 51.2. The average molecular weight is 1500 g/mol. The first-order valence-corrected chi connectivity index (χ1v) is 50.7. The molecule has 6 N–H and O–H groups in total. The van der Waals surface area contributed by atoms with Crippen LogP contribution in [0.15, 0.2) is 0 Å².